The van der Waals surface area contributed by atoms with Crippen LogP contribution in [0.5, 0.6) is 5.75 Å². The number of nitrogens with one attached hydrogen (secondary N) is 1. The monoisotopic (exact) mass is 337 g/mol. The number of carbonyl (C=O) groups is 1. The maximum atomic E-state index is 12.5. The van der Waals surface area contributed by atoms with Crippen molar-refractivity contribution in [2.24, 2.45) is 0 Å². The molecule has 1 N–H and O–H groups in total. The number of alkyl halides is 3. The van der Waals surface area contributed by atoms with E-state index in [0.29, 0.717) is 5.75 Å². The van der Waals surface area contributed by atoms with E-state index in [1.165, 1.54) is 5.56 Å². The maximum absolute atomic E-state index is 12.5. The molecule has 0 bridgehead atoms. The van der Waals surface area contributed by atoms with E-state index in [1.807, 2.05) is 24.3 Å². The van der Waals surface area contributed by atoms with Crippen LogP contribution in [0.25, 0.3) is 0 Å². The van der Waals surface area contributed by atoms with E-state index in [2.05, 4.69) is 12.2 Å². The van der Waals surface area contributed by atoms with Gasteiger partial charge in [-0.3, -0.25) is 4.79 Å². The van der Waals surface area contributed by atoms with Crippen LogP contribution in [0.2, 0.25) is 0 Å². The molecule has 2 aromatic carbocycles. The van der Waals surface area contributed by atoms with E-state index in [1.54, 1.807) is 0 Å². The lowest BCUT2D eigenvalue weighted by Gasteiger charge is -2.09. The summed E-state index contributed by atoms with van der Waals surface area (Å²) in [6, 6.07) is 11.7. The summed E-state index contributed by atoms with van der Waals surface area (Å²) >= 11 is 0. The van der Waals surface area contributed by atoms with Crippen LogP contribution in [0.4, 0.5) is 13.2 Å². The van der Waals surface area contributed by atoms with Crippen molar-refractivity contribution in [2.45, 2.75) is 19.5 Å². The number of carbonyl (C=O) groups excluding carboxylic acids is 1. The van der Waals surface area contributed by atoms with Crippen LogP contribution in [0.1, 0.15) is 28.4 Å². The first kappa shape index (κ1) is 17.8. The summed E-state index contributed by atoms with van der Waals surface area (Å²) < 4.78 is 42.9. The van der Waals surface area contributed by atoms with Gasteiger partial charge in [-0.25, -0.2) is 0 Å². The predicted octanol–water partition coefficient (Wildman–Crippen LogP) is 4.08. The molecule has 0 atom stereocenters. The zero-order valence-corrected chi connectivity index (χ0v) is 13.2. The predicted molar refractivity (Wildman–Crippen MR) is 85.1 cm³/mol. The lowest BCUT2D eigenvalue weighted by atomic mass is 10.1. The minimum absolute atomic E-state index is 0.176. The average Bonchev–Trinajstić information content (AvgIpc) is 2.58. The van der Waals surface area contributed by atoms with Crippen molar-refractivity contribution in [2.75, 3.05) is 13.2 Å². The molecule has 0 aliphatic heterocycles. The highest BCUT2D eigenvalue weighted by molar-refractivity contribution is 5.94. The summed E-state index contributed by atoms with van der Waals surface area (Å²) in [5.41, 5.74) is 0.603. The van der Waals surface area contributed by atoms with Gasteiger partial charge < -0.3 is 10.1 Å². The standard InChI is InChI=1S/C18H18F3NO2/c1-2-13-3-9-16(10-4-13)24-12-11-22-17(23)14-5-7-15(8-6-14)18(19,20)21/h3-10H,2,11-12H2,1H3,(H,22,23). The molecule has 0 saturated carbocycles. The van der Waals surface area contributed by atoms with Crippen LogP contribution in [0.3, 0.4) is 0 Å². The fraction of sp³-hybridized carbons (Fsp3) is 0.278. The van der Waals surface area contributed by atoms with Gasteiger partial charge in [0.15, 0.2) is 0 Å². The smallest absolute Gasteiger partial charge is 0.416 e. The molecule has 0 heterocycles. The fourth-order valence-corrected chi connectivity index (χ4v) is 2.07. The molecule has 2 rings (SSSR count). The van der Waals surface area contributed by atoms with Gasteiger partial charge in [0, 0.05) is 5.56 Å². The van der Waals surface area contributed by atoms with Crippen molar-refractivity contribution in [1.29, 1.82) is 0 Å². The Morgan fingerprint density at radius 2 is 1.67 bits per heavy atom. The summed E-state index contributed by atoms with van der Waals surface area (Å²) in [5, 5.41) is 2.60. The van der Waals surface area contributed by atoms with Gasteiger partial charge in [0.2, 0.25) is 0 Å². The topological polar surface area (TPSA) is 38.3 Å². The van der Waals surface area contributed by atoms with Crippen molar-refractivity contribution >= 4 is 5.91 Å². The van der Waals surface area contributed by atoms with Gasteiger partial charge in [0.05, 0.1) is 12.1 Å². The SMILES string of the molecule is CCc1ccc(OCCNC(=O)c2ccc(C(F)(F)F)cc2)cc1. The summed E-state index contributed by atoms with van der Waals surface area (Å²) in [6.07, 6.45) is -3.46. The van der Waals surface area contributed by atoms with Gasteiger partial charge in [-0.05, 0) is 48.4 Å². The second-order valence-electron chi connectivity index (χ2n) is 5.18. The average molecular weight is 337 g/mol. The normalized spacial score (nSPS) is 11.2. The van der Waals surface area contributed by atoms with Crippen LogP contribution < -0.4 is 10.1 Å². The maximum Gasteiger partial charge on any atom is 0.416 e. The van der Waals surface area contributed by atoms with Crippen LogP contribution in [0, 0.1) is 0 Å². The van der Waals surface area contributed by atoms with Crippen molar-refractivity contribution in [3.05, 3.63) is 65.2 Å². The van der Waals surface area contributed by atoms with E-state index >= 15 is 0 Å². The molecule has 24 heavy (non-hydrogen) atoms. The molecule has 0 fully saturated rings. The molecule has 128 valence electrons. The first-order chi connectivity index (χ1) is 11.4. The van der Waals surface area contributed by atoms with Gasteiger partial charge in [-0.2, -0.15) is 13.2 Å². The van der Waals surface area contributed by atoms with Crippen LogP contribution in [-0.2, 0) is 12.6 Å². The Kier molecular flexibility index (Phi) is 5.84. The molecule has 2 aromatic rings. The van der Waals surface area contributed by atoms with E-state index in [9.17, 15) is 18.0 Å². The summed E-state index contributed by atoms with van der Waals surface area (Å²) in [4.78, 5) is 11.9. The number of hydrogen-bond donors (Lipinski definition) is 1. The van der Waals surface area contributed by atoms with Crippen LogP contribution in [0.15, 0.2) is 48.5 Å². The van der Waals surface area contributed by atoms with Crippen molar-refractivity contribution < 1.29 is 22.7 Å². The fourth-order valence-electron chi connectivity index (χ4n) is 2.07. The molecule has 0 spiro atoms. The van der Waals surface area contributed by atoms with Crippen molar-refractivity contribution in [3.8, 4) is 5.75 Å². The zero-order chi connectivity index (χ0) is 17.6. The van der Waals surface area contributed by atoms with E-state index in [0.717, 1.165) is 30.7 Å². The number of rotatable bonds is 6. The molecule has 0 aliphatic rings. The van der Waals surface area contributed by atoms with E-state index < -0.39 is 17.6 Å². The molecule has 6 heteroatoms. The first-order valence-electron chi connectivity index (χ1n) is 7.57. The van der Waals surface area contributed by atoms with Gasteiger partial charge in [0.25, 0.3) is 5.91 Å². The van der Waals surface area contributed by atoms with Crippen molar-refractivity contribution in [1.82, 2.24) is 5.32 Å². The molecule has 1 amide bonds. The number of hydrogen-bond acceptors (Lipinski definition) is 2. The van der Waals surface area contributed by atoms with Crippen LogP contribution >= 0.6 is 0 Å². The minimum atomic E-state index is -4.41. The highest BCUT2D eigenvalue weighted by Crippen LogP contribution is 2.29. The highest BCUT2D eigenvalue weighted by atomic mass is 19.4. The molecule has 0 aromatic heterocycles. The molecule has 3 nitrogen and oxygen atoms in total. The Morgan fingerprint density at radius 1 is 1.04 bits per heavy atom. The van der Waals surface area contributed by atoms with Gasteiger partial charge >= 0.3 is 6.18 Å². The first-order valence-corrected chi connectivity index (χ1v) is 7.57. The van der Waals surface area contributed by atoms with Gasteiger partial charge in [0.1, 0.15) is 12.4 Å². The molecule has 0 unspecified atom stereocenters. The highest BCUT2D eigenvalue weighted by Gasteiger charge is 2.30. The Bertz CT molecular complexity index is 664. The third-order valence-electron chi connectivity index (χ3n) is 3.46. The number of aryl methyl sites for hydroxylation is 1. The molecular weight excluding hydrogens is 319 g/mol. The third kappa shape index (κ3) is 5.01. The number of halogens is 3. The lowest BCUT2D eigenvalue weighted by molar-refractivity contribution is -0.137. The summed E-state index contributed by atoms with van der Waals surface area (Å²) in [6.45, 7) is 2.60. The van der Waals surface area contributed by atoms with Gasteiger partial charge in [-0.15, -0.1) is 0 Å². The van der Waals surface area contributed by atoms with Crippen LogP contribution in [-0.4, -0.2) is 19.1 Å². The molecule has 0 saturated heterocycles. The quantitative estimate of drug-likeness (QED) is 0.807. The second kappa shape index (κ2) is 7.86. The Balaban J connectivity index is 1.78. The van der Waals surface area contributed by atoms with E-state index in [4.69, 9.17) is 4.74 Å². The third-order valence-corrected chi connectivity index (χ3v) is 3.46. The summed E-state index contributed by atoms with van der Waals surface area (Å²) in [5.74, 6) is 0.268. The Morgan fingerprint density at radius 3 is 2.21 bits per heavy atom. The number of benzene rings is 2. The largest absolute Gasteiger partial charge is 0.492 e. The van der Waals surface area contributed by atoms with Crippen molar-refractivity contribution in [3.63, 3.8) is 0 Å². The molecular formula is C18H18F3NO2. The minimum Gasteiger partial charge on any atom is -0.492 e. The Labute approximate surface area is 138 Å². The Hall–Kier alpha value is -2.50. The lowest BCUT2D eigenvalue weighted by Crippen LogP contribution is -2.28. The van der Waals surface area contributed by atoms with E-state index in [-0.39, 0.29) is 18.7 Å². The number of ether oxygens (including phenoxy) is 1. The van der Waals surface area contributed by atoms with Gasteiger partial charge in [-0.1, -0.05) is 19.1 Å². The molecule has 0 aliphatic carbocycles. The summed E-state index contributed by atoms with van der Waals surface area (Å²) in [7, 11) is 0. The number of amides is 1. The second-order valence-corrected chi connectivity index (χ2v) is 5.18. The molecule has 0 radical (unpaired) electrons. The zero-order valence-electron chi connectivity index (χ0n) is 13.2.